The van der Waals surface area contributed by atoms with Crippen molar-refractivity contribution < 1.29 is 13.0 Å². The third-order valence-electron chi connectivity index (χ3n) is 13.9. The van der Waals surface area contributed by atoms with Gasteiger partial charge in [0, 0.05) is 0 Å². The van der Waals surface area contributed by atoms with Crippen LogP contribution in [0.15, 0.2) is 17.0 Å². The van der Waals surface area contributed by atoms with Crippen LogP contribution in [0.2, 0.25) is 0 Å². The van der Waals surface area contributed by atoms with Gasteiger partial charge in [-0.15, -0.1) is 0 Å². The molecule has 8 unspecified atom stereocenters. The molecule has 9 rings (SSSR count). The largest absolute Gasteiger partial charge is 0.295 e. The Morgan fingerprint density at radius 3 is 1.65 bits per heavy atom. The first-order valence-electron chi connectivity index (χ1n) is 17.3. The van der Waals surface area contributed by atoms with Gasteiger partial charge in [0.25, 0.3) is 10.1 Å². The molecule has 0 heterocycles. The fourth-order valence-electron chi connectivity index (χ4n) is 13.1. The van der Waals surface area contributed by atoms with Gasteiger partial charge in [-0.2, -0.15) is 8.42 Å². The van der Waals surface area contributed by atoms with Crippen LogP contribution in [0.1, 0.15) is 145 Å². The summed E-state index contributed by atoms with van der Waals surface area (Å²) in [6.07, 6.45) is 19.3. The summed E-state index contributed by atoms with van der Waals surface area (Å²) in [4.78, 5) is 0.390. The second-order valence-electron chi connectivity index (χ2n) is 16.7. The Balaban J connectivity index is 1.28. The van der Waals surface area contributed by atoms with Crippen LogP contribution in [0.5, 0.6) is 0 Å². The predicted molar refractivity (Wildman–Crippen MR) is 160 cm³/mol. The van der Waals surface area contributed by atoms with Crippen LogP contribution in [0, 0.1) is 59.2 Å². The summed E-state index contributed by atoms with van der Waals surface area (Å²) in [5.74, 6) is 8.64. The molecule has 0 amide bonds. The normalized spacial score (nSPS) is 47.8. The molecule has 1 N–H and O–H groups in total. The van der Waals surface area contributed by atoms with Crippen LogP contribution in [0.3, 0.4) is 0 Å². The standard InChI is InChI=1S/C36H52O3S/c1-20-7-22-3-5-31(26(9-20)12-22)28-18-33(32-6-4-23-8-21(2)10-27(32)13-23)36(40(37,38)39)34(19-28)35-29-14-24-11-25(16-29)17-30(35)15-24/h18-27,29-32,35H,3-17H2,1-2H3,(H,37,38,39). The van der Waals surface area contributed by atoms with Crippen molar-refractivity contribution >= 4 is 10.1 Å². The Morgan fingerprint density at radius 1 is 0.575 bits per heavy atom. The van der Waals surface area contributed by atoms with Gasteiger partial charge in [0.15, 0.2) is 0 Å². The maximum atomic E-state index is 13.5. The highest BCUT2D eigenvalue weighted by Gasteiger charge is 2.51. The summed E-state index contributed by atoms with van der Waals surface area (Å²) in [5, 5.41) is 0. The molecule has 220 valence electrons. The molecule has 0 radical (unpaired) electrons. The highest BCUT2D eigenvalue weighted by atomic mass is 32.2. The first-order valence-corrected chi connectivity index (χ1v) is 18.8. The molecule has 1 aromatic carbocycles. The summed E-state index contributed by atoms with van der Waals surface area (Å²) in [5.41, 5.74) is 3.57. The van der Waals surface area contributed by atoms with E-state index in [1.807, 2.05) is 0 Å². The number of benzene rings is 1. The monoisotopic (exact) mass is 564 g/mol. The lowest BCUT2D eigenvalue weighted by molar-refractivity contribution is -0.00385. The molecule has 8 bridgehead atoms. The molecule has 8 aliphatic carbocycles. The molecule has 0 aromatic heterocycles. The van der Waals surface area contributed by atoms with E-state index in [0.29, 0.717) is 34.5 Å². The van der Waals surface area contributed by atoms with Gasteiger partial charge < -0.3 is 0 Å². The van der Waals surface area contributed by atoms with Crippen molar-refractivity contribution in [2.24, 2.45) is 59.2 Å². The van der Waals surface area contributed by atoms with Crippen molar-refractivity contribution in [2.75, 3.05) is 0 Å². The average Bonchev–Trinajstić information content (AvgIpc) is 2.86. The number of fused-ring (bicyclic) bond motifs is 4. The van der Waals surface area contributed by atoms with E-state index >= 15 is 0 Å². The van der Waals surface area contributed by atoms with Crippen LogP contribution in [0.4, 0.5) is 0 Å². The van der Waals surface area contributed by atoms with Crippen LogP contribution >= 0.6 is 0 Å². The fraction of sp³-hybridized carbons (Fsp3) is 0.833. The maximum Gasteiger partial charge on any atom is 0.295 e. The molecule has 0 aliphatic heterocycles. The van der Waals surface area contributed by atoms with Gasteiger partial charge in [-0.05, 0) is 190 Å². The molecular weight excluding hydrogens is 512 g/mol. The third kappa shape index (κ3) is 4.56. The molecule has 40 heavy (non-hydrogen) atoms. The Labute approximate surface area is 243 Å². The van der Waals surface area contributed by atoms with Gasteiger partial charge in [0.2, 0.25) is 0 Å². The topological polar surface area (TPSA) is 54.4 Å². The summed E-state index contributed by atoms with van der Waals surface area (Å²) in [6, 6.07) is 4.76. The smallest absolute Gasteiger partial charge is 0.282 e. The highest BCUT2D eigenvalue weighted by Crippen LogP contribution is 2.62. The number of rotatable bonds is 4. The first kappa shape index (κ1) is 26.7. The average molecular weight is 565 g/mol. The Morgan fingerprint density at radius 2 is 1.07 bits per heavy atom. The van der Waals surface area contributed by atoms with Crippen molar-refractivity contribution in [1.29, 1.82) is 0 Å². The Bertz CT molecular complexity index is 1220. The second kappa shape index (κ2) is 9.83. The molecule has 8 aliphatic rings. The molecule has 3 nitrogen and oxygen atoms in total. The SMILES string of the molecule is CC1CC2CCC(c3cc(C4CCC5CC(C)CC4C5)c(S(=O)(=O)O)c(C4C5CC6CC(C5)CC4C6)c3)C(C1)C2. The van der Waals surface area contributed by atoms with Crippen LogP contribution < -0.4 is 0 Å². The van der Waals surface area contributed by atoms with Gasteiger partial charge in [-0.25, -0.2) is 0 Å². The van der Waals surface area contributed by atoms with E-state index in [0.717, 1.165) is 59.0 Å². The number of hydrogen-bond acceptors (Lipinski definition) is 2. The molecule has 0 saturated heterocycles. The van der Waals surface area contributed by atoms with Crippen molar-refractivity contribution in [3.63, 3.8) is 0 Å². The minimum absolute atomic E-state index is 0.285. The van der Waals surface area contributed by atoms with Crippen molar-refractivity contribution in [3.8, 4) is 0 Å². The van der Waals surface area contributed by atoms with Gasteiger partial charge >= 0.3 is 0 Å². The van der Waals surface area contributed by atoms with E-state index in [2.05, 4.69) is 26.0 Å². The van der Waals surface area contributed by atoms with Crippen LogP contribution in [-0.4, -0.2) is 13.0 Å². The van der Waals surface area contributed by atoms with Crippen LogP contribution in [-0.2, 0) is 10.1 Å². The summed E-state index contributed by atoms with van der Waals surface area (Å²) < 4.78 is 38.2. The van der Waals surface area contributed by atoms with Crippen molar-refractivity contribution in [1.82, 2.24) is 0 Å². The van der Waals surface area contributed by atoms with Gasteiger partial charge in [0.05, 0.1) is 0 Å². The van der Waals surface area contributed by atoms with E-state index in [1.165, 1.54) is 95.5 Å². The van der Waals surface area contributed by atoms with Gasteiger partial charge in [-0.3, -0.25) is 4.55 Å². The minimum atomic E-state index is -4.31. The van der Waals surface area contributed by atoms with Gasteiger partial charge in [0.1, 0.15) is 4.90 Å². The van der Waals surface area contributed by atoms with E-state index in [4.69, 9.17) is 0 Å². The summed E-state index contributed by atoms with van der Waals surface area (Å²) >= 11 is 0. The summed E-state index contributed by atoms with van der Waals surface area (Å²) in [6.45, 7) is 4.86. The predicted octanol–water partition coefficient (Wildman–Crippen LogP) is 9.33. The lowest BCUT2D eigenvalue weighted by Crippen LogP contribution is -2.44. The molecule has 4 heteroatoms. The highest BCUT2D eigenvalue weighted by molar-refractivity contribution is 7.86. The molecular formula is C36H52O3S. The van der Waals surface area contributed by atoms with E-state index in [9.17, 15) is 13.0 Å². The zero-order chi connectivity index (χ0) is 27.3. The molecule has 8 saturated carbocycles. The zero-order valence-electron chi connectivity index (χ0n) is 24.9. The lowest BCUT2D eigenvalue weighted by Gasteiger charge is -2.55. The number of hydrogen-bond donors (Lipinski definition) is 1. The van der Waals surface area contributed by atoms with E-state index < -0.39 is 10.1 Å². The lowest BCUT2D eigenvalue weighted by atomic mass is 9.50. The molecule has 8 atom stereocenters. The van der Waals surface area contributed by atoms with Crippen molar-refractivity contribution in [2.45, 2.75) is 133 Å². The van der Waals surface area contributed by atoms with Crippen molar-refractivity contribution in [3.05, 3.63) is 28.8 Å². The fourth-order valence-corrected chi connectivity index (χ4v) is 14.1. The second-order valence-corrected chi connectivity index (χ2v) is 18.1. The quantitative estimate of drug-likeness (QED) is 0.371. The van der Waals surface area contributed by atoms with E-state index in [-0.39, 0.29) is 5.92 Å². The molecule has 8 fully saturated rings. The Hall–Kier alpha value is -0.870. The summed E-state index contributed by atoms with van der Waals surface area (Å²) in [7, 11) is -4.31. The minimum Gasteiger partial charge on any atom is -0.282 e. The van der Waals surface area contributed by atoms with Gasteiger partial charge in [-0.1, -0.05) is 26.0 Å². The Kier molecular flexibility index (Phi) is 6.57. The third-order valence-corrected chi connectivity index (χ3v) is 14.9. The molecule has 0 spiro atoms. The molecule has 1 aromatic rings. The van der Waals surface area contributed by atoms with E-state index in [1.54, 1.807) is 0 Å². The maximum absolute atomic E-state index is 13.5. The zero-order valence-corrected chi connectivity index (χ0v) is 25.8. The van der Waals surface area contributed by atoms with Crippen LogP contribution in [0.25, 0.3) is 0 Å². The first-order chi connectivity index (χ1) is 19.2.